The third-order valence-electron chi connectivity index (χ3n) is 15.9. The van der Waals surface area contributed by atoms with Gasteiger partial charge in [0.1, 0.15) is 0 Å². The molecule has 0 aromatic rings. The van der Waals surface area contributed by atoms with Gasteiger partial charge < -0.3 is 29.4 Å². The molecule has 6 aliphatic rings. The van der Waals surface area contributed by atoms with E-state index < -0.39 is 5.97 Å². The number of ether oxygens (including phenoxy) is 4. The van der Waals surface area contributed by atoms with Crippen molar-refractivity contribution in [3.8, 4) is 0 Å². The number of aliphatic carboxylic acids is 1. The van der Waals surface area contributed by atoms with E-state index in [9.17, 15) is 9.90 Å². The summed E-state index contributed by atoms with van der Waals surface area (Å²) in [5, 5.41) is 14.8. The molecular weight excluding hydrogens is 578 g/mol. The monoisotopic (exact) mass is 643 g/mol. The first-order chi connectivity index (χ1) is 21.7. The van der Waals surface area contributed by atoms with E-state index in [0.717, 1.165) is 77.7 Å². The average Bonchev–Trinajstić information content (AvgIpc) is 3.00. The molecule has 5 fully saturated rings. The first-order valence-electron chi connectivity index (χ1n) is 18.7. The summed E-state index contributed by atoms with van der Waals surface area (Å²) in [6.07, 6.45) is 10.4. The Morgan fingerprint density at radius 1 is 1.02 bits per heavy atom. The molecule has 3 saturated carbocycles. The van der Waals surface area contributed by atoms with E-state index in [-0.39, 0.29) is 50.7 Å². The highest BCUT2D eigenvalue weighted by Gasteiger charge is 2.71. The zero-order chi connectivity index (χ0) is 33.3. The van der Waals surface area contributed by atoms with Gasteiger partial charge in [0.25, 0.3) is 0 Å². The Bertz CT molecular complexity index is 1180. The Hall–Kier alpha value is -0.990. The highest BCUT2D eigenvalue weighted by Crippen LogP contribution is 2.75. The number of carbonyl (C=O) groups is 1. The van der Waals surface area contributed by atoms with Gasteiger partial charge in [-0.25, -0.2) is 0 Å². The summed E-state index contributed by atoms with van der Waals surface area (Å²) in [5.74, 6) is 0.634. The van der Waals surface area contributed by atoms with E-state index in [4.69, 9.17) is 18.9 Å². The maximum atomic E-state index is 13.4. The average molecular weight is 644 g/mol. The molecule has 7 heteroatoms. The molecule has 46 heavy (non-hydrogen) atoms. The summed E-state index contributed by atoms with van der Waals surface area (Å²) >= 11 is 0. The van der Waals surface area contributed by atoms with E-state index >= 15 is 0 Å². The summed E-state index contributed by atoms with van der Waals surface area (Å²) in [4.78, 5) is 13.4. The number of likely N-dealkylation sites (N-methyl/N-ethyl adjacent to an activating group) is 1. The van der Waals surface area contributed by atoms with Crippen molar-refractivity contribution < 1.29 is 28.8 Å². The zero-order valence-corrected chi connectivity index (χ0v) is 30.5. The standard InChI is InChI=1S/C39H65NO6/c1-10-40-38(17-19-44-20-18-38)23-46-32-29(43-9)21-39-24-45-22-35(32,6)30(39)12-11-27-28(39)13-14-37(8)31(33(41)42)34(5,26(4)25(2)3)15-16-36(27,37)7/h13,25-27,29-32,40H,10-12,14-24H2,1-9H3,(H,41,42)/t26-,27+,29-,30+,31-,32+,34-,35-,36-,37+,39+/m1/s1. The molecule has 0 aromatic heterocycles. The summed E-state index contributed by atoms with van der Waals surface area (Å²) in [6.45, 7) is 23.1. The Morgan fingerprint density at radius 3 is 2.37 bits per heavy atom. The van der Waals surface area contributed by atoms with Crippen molar-refractivity contribution in [2.75, 3.05) is 46.7 Å². The van der Waals surface area contributed by atoms with Gasteiger partial charge in [0, 0.05) is 36.7 Å². The first kappa shape index (κ1) is 34.9. The Morgan fingerprint density at radius 2 is 1.74 bits per heavy atom. The summed E-state index contributed by atoms with van der Waals surface area (Å²) in [5.41, 5.74) is 0.629. The van der Waals surface area contributed by atoms with Crippen LogP contribution in [-0.2, 0) is 23.7 Å². The number of fused-ring (bicyclic) bond motifs is 3. The lowest BCUT2D eigenvalue weighted by molar-refractivity contribution is -0.270. The number of allylic oxidation sites excluding steroid dienone is 1. The van der Waals surface area contributed by atoms with Gasteiger partial charge in [0.05, 0.1) is 37.9 Å². The van der Waals surface area contributed by atoms with Gasteiger partial charge in [-0.05, 0) is 97.8 Å². The van der Waals surface area contributed by atoms with Gasteiger partial charge in [-0.15, -0.1) is 0 Å². The van der Waals surface area contributed by atoms with E-state index in [1.165, 1.54) is 0 Å². The molecule has 0 radical (unpaired) electrons. The third-order valence-corrected chi connectivity index (χ3v) is 15.9. The molecule has 4 aliphatic carbocycles. The minimum Gasteiger partial charge on any atom is -0.481 e. The normalized spacial score (nSPS) is 47.3. The minimum atomic E-state index is -0.599. The summed E-state index contributed by atoms with van der Waals surface area (Å²) in [7, 11) is 1.87. The molecule has 7 nitrogen and oxygen atoms in total. The molecule has 0 spiro atoms. The van der Waals surface area contributed by atoms with Gasteiger partial charge >= 0.3 is 5.97 Å². The summed E-state index contributed by atoms with van der Waals surface area (Å²) in [6, 6.07) is 0. The number of nitrogens with one attached hydrogen (secondary N) is 1. The van der Waals surface area contributed by atoms with Gasteiger partial charge in [0.2, 0.25) is 0 Å². The number of carboxylic acids is 1. The molecule has 6 rings (SSSR count). The lowest BCUT2D eigenvalue weighted by Crippen LogP contribution is -2.70. The Kier molecular flexibility index (Phi) is 9.17. The molecule has 0 amide bonds. The second-order valence-corrected chi connectivity index (χ2v) is 18.0. The molecule has 2 aliphatic heterocycles. The maximum Gasteiger partial charge on any atom is 0.307 e. The number of hydrogen-bond donors (Lipinski definition) is 2. The van der Waals surface area contributed by atoms with E-state index in [2.05, 4.69) is 66.8 Å². The van der Waals surface area contributed by atoms with Crippen molar-refractivity contribution >= 4 is 5.97 Å². The molecule has 2 bridgehead atoms. The van der Waals surface area contributed by atoms with Crippen LogP contribution in [0.4, 0.5) is 0 Å². The largest absolute Gasteiger partial charge is 0.481 e. The summed E-state index contributed by atoms with van der Waals surface area (Å²) < 4.78 is 25.9. The number of rotatable bonds is 9. The van der Waals surface area contributed by atoms with E-state index in [1.807, 2.05) is 7.11 Å². The third kappa shape index (κ3) is 4.86. The number of hydrogen-bond acceptors (Lipinski definition) is 6. The van der Waals surface area contributed by atoms with E-state index in [0.29, 0.717) is 36.9 Å². The lowest BCUT2D eigenvalue weighted by Gasteiger charge is -2.71. The van der Waals surface area contributed by atoms with Gasteiger partial charge in [-0.1, -0.05) is 67.0 Å². The lowest BCUT2D eigenvalue weighted by atomic mass is 9.34. The van der Waals surface area contributed by atoms with Crippen molar-refractivity contribution in [1.82, 2.24) is 5.32 Å². The highest BCUT2D eigenvalue weighted by atomic mass is 16.5. The fraction of sp³-hybridized carbons (Fsp3) is 0.923. The van der Waals surface area contributed by atoms with Crippen molar-refractivity contribution in [3.63, 3.8) is 0 Å². The fourth-order valence-electron chi connectivity index (χ4n) is 12.8. The topological polar surface area (TPSA) is 86.2 Å². The van der Waals surface area contributed by atoms with Crippen LogP contribution >= 0.6 is 0 Å². The maximum absolute atomic E-state index is 13.4. The van der Waals surface area contributed by atoms with Crippen LogP contribution in [-0.4, -0.2) is 75.5 Å². The second kappa shape index (κ2) is 12.1. The number of carboxylic acid groups (broad SMARTS) is 1. The van der Waals surface area contributed by atoms with Crippen molar-refractivity contribution in [2.45, 2.75) is 125 Å². The highest BCUT2D eigenvalue weighted by molar-refractivity contribution is 5.73. The molecule has 0 unspecified atom stereocenters. The molecule has 11 atom stereocenters. The van der Waals surface area contributed by atoms with Crippen LogP contribution in [0.25, 0.3) is 0 Å². The van der Waals surface area contributed by atoms with Crippen LogP contribution in [0.15, 0.2) is 11.6 Å². The molecule has 0 aromatic carbocycles. The quantitative estimate of drug-likeness (QED) is 0.259. The van der Waals surface area contributed by atoms with Crippen LogP contribution < -0.4 is 5.32 Å². The van der Waals surface area contributed by atoms with Crippen LogP contribution in [0.1, 0.15) is 107 Å². The van der Waals surface area contributed by atoms with Crippen LogP contribution in [0.5, 0.6) is 0 Å². The molecule has 2 N–H and O–H groups in total. The minimum absolute atomic E-state index is 0.0160. The SMILES string of the molecule is CCNC1(CO[C@H]2[C@H](OC)C[C@@]34COC[C@]2(C)[C@@H]3CC[C@H]2C4=CC[C@@]3(C)[C@H](C(=O)O)[C@@](C)([C@H](C)C(C)C)CC[C@]23C)CCOCC1. The van der Waals surface area contributed by atoms with Gasteiger partial charge in [-0.3, -0.25) is 4.79 Å². The van der Waals surface area contributed by atoms with Crippen LogP contribution in [0.3, 0.4) is 0 Å². The molecule has 2 saturated heterocycles. The first-order valence-corrected chi connectivity index (χ1v) is 18.7. The Balaban J connectivity index is 1.35. The smallest absolute Gasteiger partial charge is 0.307 e. The van der Waals surface area contributed by atoms with Crippen LogP contribution in [0.2, 0.25) is 0 Å². The van der Waals surface area contributed by atoms with Gasteiger partial charge in [0.15, 0.2) is 0 Å². The van der Waals surface area contributed by atoms with Gasteiger partial charge in [-0.2, -0.15) is 0 Å². The van der Waals surface area contributed by atoms with Crippen molar-refractivity contribution in [1.29, 1.82) is 0 Å². The Labute approximate surface area is 279 Å². The number of methoxy groups -OCH3 is 1. The predicted octanol–water partition coefficient (Wildman–Crippen LogP) is 7.13. The second-order valence-electron chi connectivity index (χ2n) is 18.0. The molecule has 2 heterocycles. The van der Waals surface area contributed by atoms with E-state index in [1.54, 1.807) is 5.57 Å². The predicted molar refractivity (Wildman–Crippen MR) is 181 cm³/mol. The van der Waals surface area contributed by atoms with Crippen LogP contribution in [0, 0.1) is 56.7 Å². The van der Waals surface area contributed by atoms with Crippen molar-refractivity contribution in [3.05, 3.63) is 11.6 Å². The molecular formula is C39H65NO6. The zero-order valence-electron chi connectivity index (χ0n) is 30.5. The fourth-order valence-corrected chi connectivity index (χ4v) is 12.8. The molecule has 262 valence electrons. The van der Waals surface area contributed by atoms with Crippen molar-refractivity contribution in [2.24, 2.45) is 56.7 Å².